The maximum atomic E-state index is 12.5. The summed E-state index contributed by atoms with van der Waals surface area (Å²) in [4.78, 5) is 42.0. The summed E-state index contributed by atoms with van der Waals surface area (Å²) in [7, 11) is 0. The molecule has 3 amide bonds. The minimum atomic E-state index is -0.495. The predicted molar refractivity (Wildman–Crippen MR) is 127 cm³/mol. The van der Waals surface area contributed by atoms with Gasteiger partial charge in [0.2, 0.25) is 17.7 Å². The van der Waals surface area contributed by atoms with Crippen LogP contribution in [0.1, 0.15) is 17.9 Å². The standard InChI is InChI=1S/C25H26N4O6/c1-17-21(15-26-23(31)16-29-12-14-34-25(29)32)28-24(35-17)19-9-5-6-10-20(19)27-22(30)11-13-33-18-7-3-2-4-8-18/h2-10H,11-16H2,1H3,(H,26,31)(H,27,30). The van der Waals surface area contributed by atoms with Crippen LogP contribution < -0.4 is 15.4 Å². The van der Waals surface area contributed by atoms with Crippen molar-refractivity contribution in [3.63, 3.8) is 0 Å². The number of ether oxygens (including phenoxy) is 2. The van der Waals surface area contributed by atoms with Crippen LogP contribution in [0.4, 0.5) is 10.5 Å². The van der Waals surface area contributed by atoms with Gasteiger partial charge in [0.05, 0.1) is 37.4 Å². The summed E-state index contributed by atoms with van der Waals surface area (Å²) in [6.07, 6.45) is -0.319. The summed E-state index contributed by atoms with van der Waals surface area (Å²) in [6.45, 7) is 2.73. The lowest BCUT2D eigenvalue weighted by atomic mass is 10.1. The van der Waals surface area contributed by atoms with Crippen molar-refractivity contribution < 1.29 is 28.3 Å². The maximum absolute atomic E-state index is 12.5. The first-order chi connectivity index (χ1) is 17.0. The molecule has 1 aliphatic rings. The van der Waals surface area contributed by atoms with Crippen LogP contribution in [0.2, 0.25) is 0 Å². The van der Waals surface area contributed by atoms with E-state index < -0.39 is 6.09 Å². The summed E-state index contributed by atoms with van der Waals surface area (Å²) in [5, 5.41) is 5.62. The molecule has 2 heterocycles. The van der Waals surface area contributed by atoms with Crippen molar-refractivity contribution in [2.45, 2.75) is 19.9 Å². The van der Waals surface area contributed by atoms with Crippen LogP contribution in [-0.2, 0) is 20.9 Å². The molecule has 1 aromatic heterocycles. The third-order valence-corrected chi connectivity index (χ3v) is 5.30. The summed E-state index contributed by atoms with van der Waals surface area (Å²) < 4.78 is 16.2. The molecule has 4 rings (SSSR count). The van der Waals surface area contributed by atoms with Gasteiger partial charge in [-0.05, 0) is 31.2 Å². The number of hydrogen-bond acceptors (Lipinski definition) is 7. The molecule has 2 N–H and O–H groups in total. The van der Waals surface area contributed by atoms with Gasteiger partial charge in [-0.3, -0.25) is 14.5 Å². The molecule has 2 aromatic carbocycles. The average Bonchev–Trinajstić information content (AvgIpc) is 3.43. The molecule has 0 bridgehead atoms. The highest BCUT2D eigenvalue weighted by atomic mass is 16.6. The fourth-order valence-corrected chi connectivity index (χ4v) is 3.46. The van der Waals surface area contributed by atoms with Crippen molar-refractivity contribution in [3.8, 4) is 17.2 Å². The molecule has 0 spiro atoms. The average molecular weight is 479 g/mol. The second-order valence-corrected chi connectivity index (χ2v) is 7.84. The van der Waals surface area contributed by atoms with Crippen LogP contribution in [0.15, 0.2) is 59.0 Å². The van der Waals surface area contributed by atoms with Gasteiger partial charge in [-0.2, -0.15) is 0 Å². The van der Waals surface area contributed by atoms with E-state index in [-0.39, 0.29) is 44.5 Å². The summed E-state index contributed by atoms with van der Waals surface area (Å²) in [5.74, 6) is 1.04. The minimum absolute atomic E-state index is 0.0779. The molecule has 1 fully saturated rings. The predicted octanol–water partition coefficient (Wildman–Crippen LogP) is 3.13. The molecule has 182 valence electrons. The number of carbonyl (C=O) groups is 3. The number of aromatic nitrogens is 1. The van der Waals surface area contributed by atoms with Crippen LogP contribution in [-0.4, -0.2) is 54.1 Å². The zero-order valence-electron chi connectivity index (χ0n) is 19.3. The van der Waals surface area contributed by atoms with E-state index in [4.69, 9.17) is 13.9 Å². The molecule has 0 atom stereocenters. The number of benzene rings is 2. The Hall–Kier alpha value is -4.34. The van der Waals surface area contributed by atoms with Crippen molar-refractivity contribution in [1.29, 1.82) is 0 Å². The van der Waals surface area contributed by atoms with Crippen molar-refractivity contribution >= 4 is 23.6 Å². The number of rotatable bonds is 10. The second-order valence-electron chi connectivity index (χ2n) is 7.84. The normalized spacial score (nSPS) is 12.8. The number of cyclic esters (lactones) is 1. The monoisotopic (exact) mass is 478 g/mol. The first-order valence-corrected chi connectivity index (χ1v) is 11.2. The highest BCUT2D eigenvalue weighted by molar-refractivity contribution is 5.94. The van der Waals surface area contributed by atoms with Crippen molar-refractivity contribution in [2.24, 2.45) is 0 Å². The van der Waals surface area contributed by atoms with Crippen molar-refractivity contribution in [2.75, 3.05) is 31.6 Å². The van der Waals surface area contributed by atoms with Gasteiger partial charge in [0, 0.05) is 0 Å². The third-order valence-electron chi connectivity index (χ3n) is 5.30. The molecule has 0 radical (unpaired) electrons. The van der Waals surface area contributed by atoms with Crippen LogP contribution in [0.5, 0.6) is 5.75 Å². The lowest BCUT2D eigenvalue weighted by Crippen LogP contribution is -2.37. The number of carbonyl (C=O) groups excluding carboxylic acids is 3. The zero-order chi connectivity index (χ0) is 24.6. The molecule has 3 aromatic rings. The van der Waals surface area contributed by atoms with Crippen LogP contribution in [0, 0.1) is 6.92 Å². The van der Waals surface area contributed by atoms with Gasteiger partial charge in [0.1, 0.15) is 30.4 Å². The Kier molecular flexibility index (Phi) is 7.61. The molecule has 35 heavy (non-hydrogen) atoms. The van der Waals surface area contributed by atoms with E-state index in [0.717, 1.165) is 0 Å². The number of oxazole rings is 1. The van der Waals surface area contributed by atoms with Crippen LogP contribution >= 0.6 is 0 Å². The maximum Gasteiger partial charge on any atom is 0.410 e. The number of amides is 3. The van der Waals surface area contributed by atoms with Gasteiger partial charge in [-0.1, -0.05) is 30.3 Å². The summed E-state index contributed by atoms with van der Waals surface area (Å²) >= 11 is 0. The molecule has 0 saturated carbocycles. The van der Waals surface area contributed by atoms with Gasteiger partial charge in [-0.25, -0.2) is 9.78 Å². The van der Waals surface area contributed by atoms with Gasteiger partial charge >= 0.3 is 6.09 Å². The van der Waals surface area contributed by atoms with Gasteiger partial charge in [-0.15, -0.1) is 0 Å². The number of anilines is 1. The van der Waals surface area contributed by atoms with E-state index in [2.05, 4.69) is 15.6 Å². The lowest BCUT2D eigenvalue weighted by molar-refractivity contribution is -0.121. The largest absolute Gasteiger partial charge is 0.493 e. The Balaban J connectivity index is 1.34. The first kappa shape index (κ1) is 23.8. The third kappa shape index (κ3) is 6.38. The smallest absolute Gasteiger partial charge is 0.410 e. The SMILES string of the molecule is Cc1oc(-c2ccccc2NC(=O)CCOc2ccccc2)nc1CNC(=O)CN1CCOC1=O. The Morgan fingerprint density at radius 2 is 1.86 bits per heavy atom. The molecule has 1 saturated heterocycles. The lowest BCUT2D eigenvalue weighted by Gasteiger charge is -2.11. The van der Waals surface area contributed by atoms with E-state index in [1.165, 1.54) is 4.90 Å². The highest BCUT2D eigenvalue weighted by Gasteiger charge is 2.24. The Morgan fingerprint density at radius 3 is 2.63 bits per heavy atom. The Labute approximate surface area is 202 Å². The Bertz CT molecular complexity index is 1190. The Morgan fingerprint density at radius 1 is 1.09 bits per heavy atom. The van der Waals surface area contributed by atoms with Gasteiger partial charge < -0.3 is 24.5 Å². The quantitative estimate of drug-likeness (QED) is 0.459. The second kappa shape index (κ2) is 11.2. The van der Waals surface area contributed by atoms with E-state index in [0.29, 0.717) is 40.9 Å². The minimum Gasteiger partial charge on any atom is -0.493 e. The van der Waals surface area contributed by atoms with Crippen molar-refractivity contribution in [1.82, 2.24) is 15.2 Å². The number of hydrogen-bond donors (Lipinski definition) is 2. The van der Waals surface area contributed by atoms with Gasteiger partial charge in [0.25, 0.3) is 0 Å². The van der Waals surface area contributed by atoms with Crippen molar-refractivity contribution in [3.05, 3.63) is 66.1 Å². The summed E-state index contributed by atoms with van der Waals surface area (Å²) in [5.41, 5.74) is 1.72. The van der Waals surface area contributed by atoms with Gasteiger partial charge in [0.15, 0.2) is 0 Å². The number of nitrogens with one attached hydrogen (secondary N) is 2. The fourth-order valence-electron chi connectivity index (χ4n) is 3.46. The summed E-state index contributed by atoms with van der Waals surface area (Å²) in [6, 6.07) is 16.5. The molecule has 0 aliphatic carbocycles. The van der Waals surface area contributed by atoms with E-state index >= 15 is 0 Å². The fraction of sp³-hybridized carbons (Fsp3) is 0.280. The molecule has 1 aliphatic heterocycles. The number of aryl methyl sites for hydroxylation is 1. The first-order valence-electron chi connectivity index (χ1n) is 11.2. The van der Waals surface area contributed by atoms with Crippen LogP contribution in [0.25, 0.3) is 11.5 Å². The molecule has 0 unspecified atom stereocenters. The van der Waals surface area contributed by atoms with E-state index in [9.17, 15) is 14.4 Å². The van der Waals surface area contributed by atoms with E-state index in [1.54, 1.807) is 25.1 Å². The highest BCUT2D eigenvalue weighted by Crippen LogP contribution is 2.29. The number of para-hydroxylation sites is 2. The van der Waals surface area contributed by atoms with E-state index in [1.807, 2.05) is 36.4 Å². The molecule has 10 nitrogen and oxygen atoms in total. The zero-order valence-corrected chi connectivity index (χ0v) is 19.3. The molecular formula is C25H26N4O6. The van der Waals surface area contributed by atoms with Crippen LogP contribution in [0.3, 0.4) is 0 Å². The molecular weight excluding hydrogens is 452 g/mol. The molecule has 10 heteroatoms. The number of nitrogens with zero attached hydrogens (tertiary/aromatic N) is 2. The topological polar surface area (TPSA) is 123 Å².